The predicted molar refractivity (Wildman–Crippen MR) is 180 cm³/mol. The van der Waals surface area contributed by atoms with Crippen LogP contribution in [0.15, 0.2) is 146 Å². The van der Waals surface area contributed by atoms with Crippen molar-refractivity contribution in [1.82, 2.24) is 0 Å². The Hall–Kier alpha value is -5.08. The van der Waals surface area contributed by atoms with Gasteiger partial charge in [-0.25, -0.2) is 0 Å². The number of nitrogens with zero attached hydrogens (tertiary/aromatic N) is 2. The molecule has 0 unspecified atom stereocenters. The summed E-state index contributed by atoms with van der Waals surface area (Å²) in [6, 6.07) is 52.3. The Kier molecular flexibility index (Phi) is 7.62. The van der Waals surface area contributed by atoms with Crippen LogP contribution in [-0.2, 0) is 0 Å². The standard InChI is InChI=1S/C40H36N2/c1-29-15-25-39(31(3)27-29)41(35-11-7-5-8-12-35)37-21-17-33(18-22-37)34-19-23-38(24-20-34)42(36-13-9-6-10-14-36)40-26-16-30(2)28-32(40)4/h5-28H,1-4H3. The van der Waals surface area contributed by atoms with Crippen LogP contribution in [0.4, 0.5) is 34.1 Å². The summed E-state index contributed by atoms with van der Waals surface area (Å²) < 4.78 is 0. The Morgan fingerprint density at radius 2 is 0.667 bits per heavy atom. The second kappa shape index (κ2) is 11.8. The van der Waals surface area contributed by atoms with Crippen molar-refractivity contribution in [2.45, 2.75) is 27.7 Å². The van der Waals surface area contributed by atoms with Gasteiger partial charge in [-0.1, -0.05) is 96.1 Å². The molecule has 0 aromatic heterocycles. The number of hydrogen-bond donors (Lipinski definition) is 0. The first-order valence-electron chi connectivity index (χ1n) is 14.5. The monoisotopic (exact) mass is 544 g/mol. The Balaban J connectivity index is 1.34. The predicted octanol–water partition coefficient (Wildman–Crippen LogP) is 11.5. The minimum absolute atomic E-state index is 1.14. The summed E-state index contributed by atoms with van der Waals surface area (Å²) >= 11 is 0. The van der Waals surface area contributed by atoms with Crippen molar-refractivity contribution in [1.29, 1.82) is 0 Å². The number of aryl methyl sites for hydroxylation is 4. The molecule has 6 aromatic carbocycles. The lowest BCUT2D eigenvalue weighted by atomic mass is 10.0. The molecule has 0 N–H and O–H groups in total. The zero-order chi connectivity index (χ0) is 29.1. The summed E-state index contributed by atoms with van der Waals surface area (Å²) in [7, 11) is 0. The normalized spacial score (nSPS) is 10.9. The van der Waals surface area contributed by atoms with Gasteiger partial charge in [0.15, 0.2) is 0 Å². The van der Waals surface area contributed by atoms with Gasteiger partial charge in [0, 0.05) is 34.1 Å². The molecule has 0 aliphatic rings. The highest BCUT2D eigenvalue weighted by atomic mass is 15.1. The SMILES string of the molecule is Cc1ccc(N(c2ccccc2)c2ccc(-c3ccc(N(c4ccccc4)c4ccc(C)cc4C)cc3)cc2)c(C)c1. The van der Waals surface area contributed by atoms with Gasteiger partial charge in [-0.2, -0.15) is 0 Å². The van der Waals surface area contributed by atoms with E-state index in [4.69, 9.17) is 0 Å². The van der Waals surface area contributed by atoms with Crippen molar-refractivity contribution in [3.63, 3.8) is 0 Å². The highest BCUT2D eigenvalue weighted by molar-refractivity contribution is 5.82. The van der Waals surface area contributed by atoms with Crippen LogP contribution in [0.3, 0.4) is 0 Å². The molecule has 0 aliphatic carbocycles. The zero-order valence-electron chi connectivity index (χ0n) is 24.8. The number of benzene rings is 6. The maximum atomic E-state index is 2.34. The Labute approximate surface area is 250 Å². The highest BCUT2D eigenvalue weighted by Gasteiger charge is 2.16. The van der Waals surface area contributed by atoms with Crippen molar-refractivity contribution in [2.24, 2.45) is 0 Å². The molecule has 0 saturated heterocycles. The lowest BCUT2D eigenvalue weighted by Crippen LogP contribution is -2.11. The molecular weight excluding hydrogens is 508 g/mol. The fourth-order valence-electron chi connectivity index (χ4n) is 5.73. The molecule has 6 rings (SSSR count). The zero-order valence-corrected chi connectivity index (χ0v) is 24.8. The van der Waals surface area contributed by atoms with Gasteiger partial charge in [0.1, 0.15) is 0 Å². The van der Waals surface area contributed by atoms with Crippen LogP contribution >= 0.6 is 0 Å². The van der Waals surface area contributed by atoms with E-state index in [-0.39, 0.29) is 0 Å². The third kappa shape index (κ3) is 5.57. The van der Waals surface area contributed by atoms with E-state index in [1.165, 1.54) is 44.8 Å². The van der Waals surface area contributed by atoms with Crippen LogP contribution in [0.5, 0.6) is 0 Å². The maximum Gasteiger partial charge on any atom is 0.0490 e. The van der Waals surface area contributed by atoms with Crippen LogP contribution in [0.25, 0.3) is 11.1 Å². The van der Waals surface area contributed by atoms with Gasteiger partial charge >= 0.3 is 0 Å². The number of para-hydroxylation sites is 2. The first-order valence-corrected chi connectivity index (χ1v) is 14.5. The molecule has 0 radical (unpaired) electrons. The summed E-state index contributed by atoms with van der Waals surface area (Å²) in [5.74, 6) is 0. The summed E-state index contributed by atoms with van der Waals surface area (Å²) in [4.78, 5) is 4.67. The topological polar surface area (TPSA) is 6.48 Å². The highest BCUT2D eigenvalue weighted by Crippen LogP contribution is 2.39. The molecule has 0 atom stereocenters. The van der Waals surface area contributed by atoms with Crippen molar-refractivity contribution in [3.05, 3.63) is 168 Å². The van der Waals surface area contributed by atoms with Gasteiger partial charge in [-0.05, 0) is 111 Å². The van der Waals surface area contributed by atoms with Gasteiger partial charge in [-0.15, -0.1) is 0 Å². The molecule has 0 amide bonds. The number of rotatable bonds is 7. The minimum atomic E-state index is 1.14. The van der Waals surface area contributed by atoms with Gasteiger partial charge in [0.2, 0.25) is 0 Å². The average molecular weight is 545 g/mol. The van der Waals surface area contributed by atoms with Crippen molar-refractivity contribution in [3.8, 4) is 11.1 Å². The first kappa shape index (κ1) is 27.1. The van der Waals surface area contributed by atoms with Gasteiger partial charge in [-0.3, -0.25) is 0 Å². The molecule has 0 bridgehead atoms. The van der Waals surface area contributed by atoms with Gasteiger partial charge in [0.25, 0.3) is 0 Å². The van der Waals surface area contributed by atoms with Gasteiger partial charge in [0.05, 0.1) is 0 Å². The van der Waals surface area contributed by atoms with Crippen LogP contribution in [0.2, 0.25) is 0 Å². The lowest BCUT2D eigenvalue weighted by molar-refractivity contribution is 1.24. The molecule has 2 heteroatoms. The number of hydrogen-bond acceptors (Lipinski definition) is 2. The Bertz CT molecular complexity index is 1650. The van der Waals surface area contributed by atoms with Crippen LogP contribution in [0, 0.1) is 27.7 Å². The fraction of sp³-hybridized carbons (Fsp3) is 0.100. The van der Waals surface area contributed by atoms with E-state index < -0.39 is 0 Å². The molecular formula is C40H36N2. The molecule has 0 fully saturated rings. The quantitative estimate of drug-likeness (QED) is 0.197. The maximum absolute atomic E-state index is 2.34. The first-order chi connectivity index (χ1) is 20.5. The molecule has 0 heterocycles. The molecule has 42 heavy (non-hydrogen) atoms. The molecule has 206 valence electrons. The van der Waals surface area contributed by atoms with Gasteiger partial charge < -0.3 is 9.80 Å². The summed E-state index contributed by atoms with van der Waals surface area (Å²) in [5.41, 5.74) is 14.4. The lowest BCUT2D eigenvalue weighted by Gasteiger charge is -2.28. The summed E-state index contributed by atoms with van der Waals surface area (Å²) in [6.07, 6.45) is 0. The average Bonchev–Trinajstić information content (AvgIpc) is 3.01. The molecule has 0 saturated carbocycles. The molecule has 2 nitrogen and oxygen atoms in total. The third-order valence-corrected chi connectivity index (χ3v) is 7.80. The van der Waals surface area contributed by atoms with Crippen LogP contribution in [0.1, 0.15) is 22.3 Å². The smallest absolute Gasteiger partial charge is 0.0490 e. The number of anilines is 6. The van der Waals surface area contributed by atoms with Crippen molar-refractivity contribution < 1.29 is 0 Å². The van der Waals surface area contributed by atoms with E-state index in [0.717, 1.165) is 22.7 Å². The van der Waals surface area contributed by atoms with E-state index >= 15 is 0 Å². The van der Waals surface area contributed by atoms with E-state index in [1.807, 2.05) is 0 Å². The second-order valence-electron chi connectivity index (χ2n) is 11.0. The van der Waals surface area contributed by atoms with Crippen molar-refractivity contribution in [2.75, 3.05) is 9.80 Å². The second-order valence-corrected chi connectivity index (χ2v) is 11.0. The minimum Gasteiger partial charge on any atom is -0.310 e. The molecule has 6 aromatic rings. The van der Waals surface area contributed by atoms with E-state index in [1.54, 1.807) is 0 Å². The van der Waals surface area contributed by atoms with Crippen LogP contribution < -0.4 is 9.80 Å². The van der Waals surface area contributed by atoms with E-state index in [9.17, 15) is 0 Å². The van der Waals surface area contributed by atoms with Crippen LogP contribution in [-0.4, -0.2) is 0 Å². The third-order valence-electron chi connectivity index (χ3n) is 7.80. The largest absolute Gasteiger partial charge is 0.310 e. The van der Waals surface area contributed by atoms with E-state index in [2.05, 4.69) is 183 Å². The van der Waals surface area contributed by atoms with E-state index in [0.29, 0.717) is 0 Å². The Morgan fingerprint density at radius 3 is 1.00 bits per heavy atom. The molecule has 0 aliphatic heterocycles. The summed E-state index contributed by atoms with van der Waals surface area (Å²) in [5, 5.41) is 0. The van der Waals surface area contributed by atoms with Crippen molar-refractivity contribution >= 4 is 34.1 Å². The summed E-state index contributed by atoms with van der Waals surface area (Å²) in [6.45, 7) is 8.66. The Morgan fingerprint density at radius 1 is 0.333 bits per heavy atom. The molecule has 0 spiro atoms. The fourth-order valence-corrected chi connectivity index (χ4v) is 5.73.